The molecule has 1 saturated heterocycles. The molecule has 1 N–H and O–H groups in total. The maximum Gasteiger partial charge on any atom is 0.297 e. The molecule has 2 rings (SSSR count). The number of hydrogen-bond acceptors (Lipinski definition) is 6. The fraction of sp³-hybridized carbons (Fsp3) is 0.727. The summed E-state index contributed by atoms with van der Waals surface area (Å²) in [6, 6.07) is 0.562. The van der Waals surface area contributed by atoms with Crippen LogP contribution < -0.4 is 4.90 Å². The number of hydrogen-bond donors (Lipinski definition) is 1. The van der Waals surface area contributed by atoms with Crippen molar-refractivity contribution in [1.82, 2.24) is 9.88 Å². The third-order valence-electron chi connectivity index (χ3n) is 2.85. The van der Waals surface area contributed by atoms with Crippen LogP contribution in [0.3, 0.4) is 0 Å². The topological polar surface area (TPSA) is 62.0 Å². The van der Waals surface area contributed by atoms with Crippen molar-refractivity contribution in [2.45, 2.75) is 13.2 Å². The van der Waals surface area contributed by atoms with E-state index in [4.69, 9.17) is 9.15 Å². The van der Waals surface area contributed by atoms with Crippen LogP contribution in [0.15, 0.2) is 10.6 Å². The standard InChI is InChI=1S/C11H19N3O3/c1-3-16-10(15)9-8-12-11(17-9)14-6-4-13(2)5-7-14/h8,10,15H,3-7H2,1-2H3. The van der Waals surface area contributed by atoms with Crippen LogP contribution in [0.1, 0.15) is 19.0 Å². The number of nitrogens with zero attached hydrogens (tertiary/aromatic N) is 3. The number of likely N-dealkylation sites (N-methyl/N-ethyl adjacent to an activating group) is 1. The van der Waals surface area contributed by atoms with Crippen molar-refractivity contribution < 1.29 is 14.3 Å². The molecular weight excluding hydrogens is 222 g/mol. The van der Waals surface area contributed by atoms with Gasteiger partial charge in [0.25, 0.3) is 6.01 Å². The van der Waals surface area contributed by atoms with Crippen LogP contribution in [-0.2, 0) is 4.74 Å². The van der Waals surface area contributed by atoms with Crippen molar-refractivity contribution in [3.8, 4) is 0 Å². The smallest absolute Gasteiger partial charge is 0.297 e. The van der Waals surface area contributed by atoms with Crippen molar-refractivity contribution in [3.63, 3.8) is 0 Å². The number of ether oxygens (including phenoxy) is 1. The summed E-state index contributed by atoms with van der Waals surface area (Å²) >= 11 is 0. The molecule has 96 valence electrons. The lowest BCUT2D eigenvalue weighted by molar-refractivity contribution is -0.110. The molecule has 0 saturated carbocycles. The zero-order chi connectivity index (χ0) is 12.3. The van der Waals surface area contributed by atoms with Gasteiger partial charge in [0.15, 0.2) is 5.76 Å². The molecule has 1 unspecified atom stereocenters. The molecule has 1 aromatic rings. The first-order valence-electron chi connectivity index (χ1n) is 5.89. The third kappa shape index (κ3) is 2.96. The van der Waals surface area contributed by atoms with Crippen LogP contribution >= 0.6 is 0 Å². The second kappa shape index (κ2) is 5.48. The Morgan fingerprint density at radius 2 is 2.18 bits per heavy atom. The summed E-state index contributed by atoms with van der Waals surface area (Å²) in [6.07, 6.45) is 0.502. The van der Waals surface area contributed by atoms with E-state index in [1.165, 1.54) is 6.20 Å². The molecule has 0 aliphatic carbocycles. The lowest BCUT2D eigenvalue weighted by atomic mass is 10.3. The molecule has 0 spiro atoms. The van der Waals surface area contributed by atoms with Gasteiger partial charge in [0.05, 0.1) is 6.20 Å². The van der Waals surface area contributed by atoms with E-state index in [1.807, 2.05) is 6.92 Å². The van der Waals surface area contributed by atoms with Crippen molar-refractivity contribution in [1.29, 1.82) is 0 Å². The van der Waals surface area contributed by atoms with Gasteiger partial charge in [-0.1, -0.05) is 0 Å². The highest BCUT2D eigenvalue weighted by atomic mass is 16.6. The molecule has 1 atom stereocenters. The molecule has 2 heterocycles. The largest absolute Gasteiger partial charge is 0.423 e. The van der Waals surface area contributed by atoms with Crippen LogP contribution in [0.5, 0.6) is 0 Å². The predicted molar refractivity (Wildman–Crippen MR) is 62.8 cm³/mol. The average Bonchev–Trinajstić information content (AvgIpc) is 2.80. The van der Waals surface area contributed by atoms with E-state index in [9.17, 15) is 5.11 Å². The number of anilines is 1. The molecule has 6 nitrogen and oxygen atoms in total. The normalized spacial score (nSPS) is 19.6. The van der Waals surface area contributed by atoms with Crippen LogP contribution in [-0.4, -0.2) is 54.8 Å². The Balaban J connectivity index is 1.98. The van der Waals surface area contributed by atoms with Crippen molar-refractivity contribution in [2.75, 3.05) is 44.7 Å². The van der Waals surface area contributed by atoms with Gasteiger partial charge in [-0.15, -0.1) is 0 Å². The summed E-state index contributed by atoms with van der Waals surface area (Å²) in [5.41, 5.74) is 0. The molecule has 17 heavy (non-hydrogen) atoms. The number of aliphatic hydroxyl groups is 1. The summed E-state index contributed by atoms with van der Waals surface area (Å²) in [7, 11) is 2.09. The second-order valence-corrected chi connectivity index (χ2v) is 4.14. The molecule has 0 aromatic carbocycles. The highest BCUT2D eigenvalue weighted by molar-refractivity contribution is 5.27. The molecular formula is C11H19N3O3. The van der Waals surface area contributed by atoms with E-state index in [-0.39, 0.29) is 0 Å². The van der Waals surface area contributed by atoms with Crippen molar-refractivity contribution >= 4 is 6.01 Å². The van der Waals surface area contributed by atoms with Gasteiger partial charge in [0.1, 0.15) is 0 Å². The van der Waals surface area contributed by atoms with Crippen LogP contribution in [0.4, 0.5) is 6.01 Å². The number of oxazole rings is 1. The molecule has 0 bridgehead atoms. The van der Waals surface area contributed by atoms with Gasteiger partial charge in [-0.2, -0.15) is 0 Å². The van der Waals surface area contributed by atoms with E-state index in [0.29, 0.717) is 18.4 Å². The summed E-state index contributed by atoms with van der Waals surface area (Å²) in [4.78, 5) is 8.50. The Labute approximate surface area is 101 Å². The minimum atomic E-state index is -1.02. The molecule has 6 heteroatoms. The molecule has 1 aliphatic heterocycles. The lowest BCUT2D eigenvalue weighted by Crippen LogP contribution is -2.44. The zero-order valence-corrected chi connectivity index (χ0v) is 10.3. The first-order chi connectivity index (χ1) is 8.20. The number of piperazine rings is 1. The maximum atomic E-state index is 9.59. The SMILES string of the molecule is CCOC(O)c1cnc(N2CCN(C)CC2)o1. The summed E-state index contributed by atoms with van der Waals surface area (Å²) < 4.78 is 10.5. The fourth-order valence-electron chi connectivity index (χ4n) is 1.78. The van der Waals surface area contributed by atoms with Crippen LogP contribution in [0.25, 0.3) is 0 Å². The van der Waals surface area contributed by atoms with Gasteiger partial charge in [-0.05, 0) is 14.0 Å². The number of aliphatic hydroxyl groups excluding tert-OH is 1. The number of rotatable bonds is 4. The maximum absolute atomic E-state index is 9.59. The Bertz CT molecular complexity index is 347. The minimum Gasteiger partial charge on any atom is -0.423 e. The molecule has 1 aromatic heterocycles. The zero-order valence-electron chi connectivity index (χ0n) is 10.3. The summed E-state index contributed by atoms with van der Waals surface area (Å²) in [5.74, 6) is 0.362. The van der Waals surface area contributed by atoms with E-state index in [2.05, 4.69) is 21.8 Å². The Morgan fingerprint density at radius 3 is 2.82 bits per heavy atom. The fourth-order valence-corrected chi connectivity index (χ4v) is 1.78. The second-order valence-electron chi connectivity index (χ2n) is 4.14. The minimum absolute atomic E-state index is 0.362. The van der Waals surface area contributed by atoms with Gasteiger partial charge in [-0.25, -0.2) is 4.98 Å². The highest BCUT2D eigenvalue weighted by Gasteiger charge is 2.20. The van der Waals surface area contributed by atoms with Gasteiger partial charge in [-0.3, -0.25) is 0 Å². The molecule has 1 fully saturated rings. The Morgan fingerprint density at radius 1 is 1.47 bits per heavy atom. The molecule has 0 radical (unpaired) electrons. The lowest BCUT2D eigenvalue weighted by Gasteiger charge is -2.31. The highest BCUT2D eigenvalue weighted by Crippen LogP contribution is 2.21. The van der Waals surface area contributed by atoms with Gasteiger partial charge in [0.2, 0.25) is 6.29 Å². The van der Waals surface area contributed by atoms with E-state index in [1.54, 1.807) is 0 Å². The van der Waals surface area contributed by atoms with Crippen LogP contribution in [0, 0.1) is 0 Å². The van der Waals surface area contributed by atoms with Gasteiger partial charge >= 0.3 is 0 Å². The van der Waals surface area contributed by atoms with E-state index >= 15 is 0 Å². The predicted octanol–water partition coefficient (Wildman–Crippen LogP) is 0.454. The van der Waals surface area contributed by atoms with Crippen molar-refractivity contribution in [3.05, 3.63) is 12.0 Å². The van der Waals surface area contributed by atoms with Crippen LogP contribution in [0.2, 0.25) is 0 Å². The Kier molecular flexibility index (Phi) is 3.98. The Hall–Kier alpha value is -1.11. The van der Waals surface area contributed by atoms with Gasteiger partial charge < -0.3 is 24.1 Å². The van der Waals surface area contributed by atoms with E-state index in [0.717, 1.165) is 26.2 Å². The van der Waals surface area contributed by atoms with Gasteiger partial charge in [0, 0.05) is 32.8 Å². The summed E-state index contributed by atoms with van der Waals surface area (Å²) in [5, 5.41) is 9.59. The average molecular weight is 241 g/mol. The first kappa shape index (κ1) is 12.3. The first-order valence-corrected chi connectivity index (χ1v) is 5.89. The van der Waals surface area contributed by atoms with Crippen molar-refractivity contribution in [2.24, 2.45) is 0 Å². The quantitative estimate of drug-likeness (QED) is 0.772. The number of aromatic nitrogens is 1. The molecule has 0 amide bonds. The monoisotopic (exact) mass is 241 g/mol. The summed E-state index contributed by atoms with van der Waals surface area (Å²) in [6.45, 7) is 6.02. The molecule has 1 aliphatic rings. The third-order valence-corrected chi connectivity index (χ3v) is 2.85. The van der Waals surface area contributed by atoms with E-state index < -0.39 is 6.29 Å².